The summed E-state index contributed by atoms with van der Waals surface area (Å²) >= 11 is 0. The number of nitrogens with two attached hydrogens (primary N) is 2. The Morgan fingerprint density at radius 3 is 2.60 bits per heavy atom. The van der Waals surface area contributed by atoms with Crippen LogP contribution in [0.15, 0.2) is 12.1 Å². The van der Waals surface area contributed by atoms with Gasteiger partial charge in [0.25, 0.3) is 0 Å². The largest absolute Gasteiger partial charge is 0.397 e. The summed E-state index contributed by atoms with van der Waals surface area (Å²) < 4.78 is 0. The molecule has 0 heterocycles. The molecule has 0 aliphatic carbocycles. The molecule has 0 aliphatic heterocycles. The Labute approximate surface area is 90.8 Å². The average Bonchev–Trinajstić information content (AvgIpc) is 2.20. The summed E-state index contributed by atoms with van der Waals surface area (Å²) in [6.07, 6.45) is 0.834. The monoisotopic (exact) mass is 203 g/mol. The molecule has 0 atom stereocenters. The van der Waals surface area contributed by atoms with E-state index in [4.69, 9.17) is 11.5 Å². The fourth-order valence-corrected chi connectivity index (χ4v) is 1.23. The lowest BCUT2D eigenvalue weighted by Gasteiger charge is -2.03. The van der Waals surface area contributed by atoms with Gasteiger partial charge in [-0.25, -0.2) is 0 Å². The van der Waals surface area contributed by atoms with Crippen LogP contribution >= 0.6 is 0 Å². The van der Waals surface area contributed by atoms with Crippen molar-refractivity contribution in [3.8, 4) is 11.8 Å². The van der Waals surface area contributed by atoms with E-state index in [0.717, 1.165) is 24.1 Å². The van der Waals surface area contributed by atoms with Crippen LogP contribution in [-0.2, 0) is 0 Å². The van der Waals surface area contributed by atoms with Gasteiger partial charge in [0.15, 0.2) is 0 Å². The molecule has 1 aromatic rings. The minimum absolute atomic E-state index is 0.596. The zero-order chi connectivity index (χ0) is 11.3. The van der Waals surface area contributed by atoms with E-state index in [1.54, 1.807) is 0 Å². The standard InChI is InChI=1S/C12H17N3/c1-9-7-11(13)12(14)8-10(9)5-3-4-6-15-2/h7-8,15H,4,6,13-14H2,1-2H3. The maximum Gasteiger partial charge on any atom is 0.0560 e. The van der Waals surface area contributed by atoms with E-state index in [-0.39, 0.29) is 0 Å². The second kappa shape index (κ2) is 5.28. The van der Waals surface area contributed by atoms with Gasteiger partial charge in [0, 0.05) is 18.5 Å². The maximum atomic E-state index is 5.71. The number of benzene rings is 1. The zero-order valence-electron chi connectivity index (χ0n) is 9.22. The van der Waals surface area contributed by atoms with E-state index in [1.807, 2.05) is 26.1 Å². The van der Waals surface area contributed by atoms with Crippen LogP contribution in [0.25, 0.3) is 0 Å². The summed E-state index contributed by atoms with van der Waals surface area (Å²) in [5.41, 5.74) is 14.6. The number of anilines is 2. The van der Waals surface area contributed by atoms with Gasteiger partial charge >= 0.3 is 0 Å². The molecule has 3 heteroatoms. The van der Waals surface area contributed by atoms with Crippen molar-refractivity contribution in [2.24, 2.45) is 0 Å². The van der Waals surface area contributed by atoms with Crippen molar-refractivity contribution < 1.29 is 0 Å². The smallest absolute Gasteiger partial charge is 0.0560 e. The third-order valence-corrected chi connectivity index (χ3v) is 2.15. The zero-order valence-corrected chi connectivity index (χ0v) is 9.22. The molecule has 0 saturated heterocycles. The average molecular weight is 203 g/mol. The highest BCUT2D eigenvalue weighted by molar-refractivity contribution is 5.67. The first-order chi connectivity index (χ1) is 7.15. The fraction of sp³-hybridized carbons (Fsp3) is 0.333. The molecule has 0 amide bonds. The van der Waals surface area contributed by atoms with Gasteiger partial charge in [-0.2, -0.15) is 0 Å². The van der Waals surface area contributed by atoms with Crippen LogP contribution < -0.4 is 16.8 Å². The van der Waals surface area contributed by atoms with Gasteiger partial charge in [-0.3, -0.25) is 0 Å². The molecule has 5 N–H and O–H groups in total. The number of nitrogens with one attached hydrogen (secondary N) is 1. The van der Waals surface area contributed by atoms with Crippen LogP contribution in [-0.4, -0.2) is 13.6 Å². The van der Waals surface area contributed by atoms with Crippen molar-refractivity contribution in [1.82, 2.24) is 5.32 Å². The molecule has 0 unspecified atom stereocenters. The molecule has 3 nitrogen and oxygen atoms in total. The highest BCUT2D eigenvalue weighted by atomic mass is 14.8. The summed E-state index contributed by atoms with van der Waals surface area (Å²) in [6, 6.07) is 3.69. The minimum Gasteiger partial charge on any atom is -0.397 e. The van der Waals surface area contributed by atoms with E-state index in [2.05, 4.69) is 17.2 Å². The Bertz CT molecular complexity index is 399. The first kappa shape index (κ1) is 11.4. The summed E-state index contributed by atoms with van der Waals surface area (Å²) in [5.74, 6) is 6.17. The van der Waals surface area contributed by atoms with Crippen LogP contribution in [0.4, 0.5) is 11.4 Å². The van der Waals surface area contributed by atoms with Crippen LogP contribution in [0.2, 0.25) is 0 Å². The first-order valence-electron chi connectivity index (χ1n) is 4.94. The Balaban J connectivity index is 2.84. The molecule has 0 aliphatic rings. The van der Waals surface area contributed by atoms with Gasteiger partial charge < -0.3 is 16.8 Å². The normalized spacial score (nSPS) is 9.47. The van der Waals surface area contributed by atoms with E-state index < -0.39 is 0 Å². The maximum absolute atomic E-state index is 5.71. The van der Waals surface area contributed by atoms with E-state index in [1.165, 1.54) is 0 Å². The van der Waals surface area contributed by atoms with E-state index >= 15 is 0 Å². The second-order valence-corrected chi connectivity index (χ2v) is 3.45. The molecular weight excluding hydrogens is 186 g/mol. The van der Waals surface area contributed by atoms with E-state index in [9.17, 15) is 0 Å². The van der Waals surface area contributed by atoms with Gasteiger partial charge in [0.2, 0.25) is 0 Å². The molecule has 0 bridgehead atoms. The first-order valence-corrected chi connectivity index (χ1v) is 4.94. The van der Waals surface area contributed by atoms with Crippen molar-refractivity contribution in [1.29, 1.82) is 0 Å². The number of aryl methyl sites for hydroxylation is 1. The molecule has 80 valence electrons. The van der Waals surface area contributed by atoms with Crippen LogP contribution in [0, 0.1) is 18.8 Å². The minimum atomic E-state index is 0.596. The third-order valence-electron chi connectivity index (χ3n) is 2.15. The Morgan fingerprint density at radius 2 is 1.93 bits per heavy atom. The number of hydrogen-bond acceptors (Lipinski definition) is 3. The van der Waals surface area contributed by atoms with Crippen LogP contribution in [0.5, 0.6) is 0 Å². The molecule has 0 spiro atoms. The summed E-state index contributed by atoms with van der Waals surface area (Å²) in [6.45, 7) is 2.88. The Hall–Kier alpha value is -1.66. The molecule has 1 aromatic carbocycles. The quantitative estimate of drug-likeness (QED) is 0.383. The van der Waals surface area contributed by atoms with Crippen molar-refractivity contribution >= 4 is 11.4 Å². The van der Waals surface area contributed by atoms with Crippen molar-refractivity contribution in [3.05, 3.63) is 23.3 Å². The van der Waals surface area contributed by atoms with Gasteiger partial charge in [-0.15, -0.1) is 0 Å². The van der Waals surface area contributed by atoms with Crippen molar-refractivity contribution in [2.45, 2.75) is 13.3 Å². The molecular formula is C12H17N3. The highest BCUT2D eigenvalue weighted by Crippen LogP contribution is 2.19. The van der Waals surface area contributed by atoms with Gasteiger partial charge in [0.05, 0.1) is 11.4 Å². The summed E-state index contributed by atoms with van der Waals surface area (Å²) in [5, 5.41) is 3.04. The lowest BCUT2D eigenvalue weighted by Crippen LogP contribution is -2.05. The summed E-state index contributed by atoms with van der Waals surface area (Å²) in [4.78, 5) is 0. The van der Waals surface area contributed by atoms with Gasteiger partial charge in [-0.1, -0.05) is 11.8 Å². The SMILES string of the molecule is CNCCC#Cc1cc(N)c(N)cc1C. The molecule has 15 heavy (non-hydrogen) atoms. The van der Waals surface area contributed by atoms with Gasteiger partial charge in [0.1, 0.15) is 0 Å². The van der Waals surface area contributed by atoms with Crippen LogP contribution in [0.3, 0.4) is 0 Å². The number of nitrogen functional groups attached to an aromatic ring is 2. The van der Waals surface area contributed by atoms with Gasteiger partial charge in [-0.05, 0) is 31.7 Å². The molecule has 1 rings (SSSR count). The van der Waals surface area contributed by atoms with Crippen LogP contribution in [0.1, 0.15) is 17.5 Å². The number of rotatable bonds is 2. The lowest BCUT2D eigenvalue weighted by atomic mass is 10.1. The molecule has 0 saturated carbocycles. The highest BCUT2D eigenvalue weighted by Gasteiger charge is 1.99. The topological polar surface area (TPSA) is 64.1 Å². The lowest BCUT2D eigenvalue weighted by molar-refractivity contribution is 0.818. The molecule has 0 aromatic heterocycles. The molecule has 0 radical (unpaired) electrons. The second-order valence-electron chi connectivity index (χ2n) is 3.45. The predicted molar refractivity (Wildman–Crippen MR) is 65.4 cm³/mol. The van der Waals surface area contributed by atoms with Crippen molar-refractivity contribution in [2.75, 3.05) is 25.1 Å². The third kappa shape index (κ3) is 3.19. The van der Waals surface area contributed by atoms with E-state index in [0.29, 0.717) is 11.4 Å². The number of hydrogen-bond donors (Lipinski definition) is 3. The van der Waals surface area contributed by atoms with Crippen molar-refractivity contribution in [3.63, 3.8) is 0 Å². The Morgan fingerprint density at radius 1 is 1.27 bits per heavy atom. The fourth-order valence-electron chi connectivity index (χ4n) is 1.23. The predicted octanol–water partition coefficient (Wildman–Crippen LogP) is 1.12. The Kier molecular flexibility index (Phi) is 4.02. The molecule has 0 fully saturated rings. The summed E-state index contributed by atoms with van der Waals surface area (Å²) in [7, 11) is 1.91.